The molecule has 0 N–H and O–H groups in total. The Balaban J connectivity index is 1.47. The van der Waals surface area contributed by atoms with Crippen molar-refractivity contribution in [3.63, 3.8) is 0 Å². The lowest BCUT2D eigenvalue weighted by Crippen LogP contribution is -2.47. The van der Waals surface area contributed by atoms with E-state index in [0.717, 1.165) is 33.9 Å². The number of thiophene rings is 1. The molecule has 1 atom stereocenters. The molecule has 0 radical (unpaired) electrons. The highest BCUT2D eigenvalue weighted by Crippen LogP contribution is 2.39. The number of hydrogen-bond acceptors (Lipinski definition) is 4. The standard InChI is InChI=1S/C29H30N2O3S2/c1-3-16-30(36(33,34)24-13-12-22-9-5-6-10-23(22)19-24)20-28(32)31-17-14-27-26(15-18-35-27)29(31)25-11-7-4-8-21(25)2/h4-13,15,18-19,29H,3,14,16-17,20H2,1-2H3. The molecule has 1 unspecified atom stereocenters. The Labute approximate surface area is 217 Å². The summed E-state index contributed by atoms with van der Waals surface area (Å²) in [5, 5.41) is 3.93. The van der Waals surface area contributed by atoms with Gasteiger partial charge in [-0.1, -0.05) is 61.5 Å². The average molecular weight is 519 g/mol. The number of hydrogen-bond donors (Lipinski definition) is 0. The normalized spacial score (nSPS) is 15.9. The van der Waals surface area contributed by atoms with Crippen molar-refractivity contribution in [2.45, 2.75) is 37.6 Å². The van der Waals surface area contributed by atoms with Crippen LogP contribution in [-0.4, -0.2) is 43.2 Å². The molecule has 36 heavy (non-hydrogen) atoms. The van der Waals surface area contributed by atoms with Gasteiger partial charge in [0, 0.05) is 18.0 Å². The van der Waals surface area contributed by atoms with Crippen LogP contribution in [0.15, 0.2) is 83.1 Å². The summed E-state index contributed by atoms with van der Waals surface area (Å²) in [7, 11) is -3.84. The van der Waals surface area contributed by atoms with Crippen molar-refractivity contribution in [2.24, 2.45) is 0 Å². The van der Waals surface area contributed by atoms with Crippen molar-refractivity contribution in [3.05, 3.63) is 99.7 Å². The zero-order chi connectivity index (χ0) is 25.3. The molecule has 0 saturated heterocycles. The molecule has 1 aliphatic rings. The van der Waals surface area contributed by atoms with Gasteiger partial charge in [0.15, 0.2) is 0 Å². The number of nitrogens with zero attached hydrogens (tertiary/aromatic N) is 2. The second-order valence-corrected chi connectivity index (χ2v) is 12.2. The SMILES string of the molecule is CCCN(CC(=O)N1CCc2sccc2C1c1ccccc1C)S(=O)(=O)c1ccc2ccccc2c1. The van der Waals surface area contributed by atoms with Crippen LogP contribution in [0.5, 0.6) is 0 Å². The van der Waals surface area contributed by atoms with Crippen LogP contribution in [-0.2, 0) is 21.2 Å². The van der Waals surface area contributed by atoms with Gasteiger partial charge in [-0.2, -0.15) is 4.31 Å². The molecule has 0 bridgehead atoms. The number of carbonyl (C=O) groups excluding carboxylic acids is 1. The van der Waals surface area contributed by atoms with E-state index in [4.69, 9.17) is 0 Å². The van der Waals surface area contributed by atoms with E-state index in [1.807, 2.05) is 54.3 Å². The third-order valence-corrected chi connectivity index (χ3v) is 9.75. The summed E-state index contributed by atoms with van der Waals surface area (Å²) in [5.41, 5.74) is 3.35. The molecule has 2 heterocycles. The third kappa shape index (κ3) is 4.59. The van der Waals surface area contributed by atoms with Gasteiger partial charge < -0.3 is 4.90 Å². The smallest absolute Gasteiger partial charge is 0.243 e. The summed E-state index contributed by atoms with van der Waals surface area (Å²) in [6.07, 6.45) is 1.41. The molecule has 7 heteroatoms. The topological polar surface area (TPSA) is 57.7 Å². The molecule has 4 aromatic rings. The van der Waals surface area contributed by atoms with Crippen molar-refractivity contribution in [1.29, 1.82) is 0 Å². The summed E-state index contributed by atoms with van der Waals surface area (Å²) >= 11 is 1.72. The van der Waals surface area contributed by atoms with Crippen LogP contribution in [0.4, 0.5) is 0 Å². The van der Waals surface area contributed by atoms with Crippen LogP contribution in [0.2, 0.25) is 0 Å². The van der Waals surface area contributed by atoms with E-state index >= 15 is 0 Å². The summed E-state index contributed by atoms with van der Waals surface area (Å²) < 4.78 is 28.8. The first-order valence-electron chi connectivity index (χ1n) is 12.3. The molecular weight excluding hydrogens is 488 g/mol. The largest absolute Gasteiger partial charge is 0.330 e. The molecule has 0 saturated carbocycles. The maximum atomic E-state index is 13.8. The highest BCUT2D eigenvalue weighted by molar-refractivity contribution is 7.89. The van der Waals surface area contributed by atoms with Gasteiger partial charge in [-0.25, -0.2) is 8.42 Å². The Morgan fingerprint density at radius 1 is 1.00 bits per heavy atom. The molecule has 186 valence electrons. The minimum Gasteiger partial charge on any atom is -0.330 e. The first-order chi connectivity index (χ1) is 17.4. The van der Waals surface area contributed by atoms with Crippen LogP contribution in [0.25, 0.3) is 10.8 Å². The molecule has 0 spiro atoms. The zero-order valence-corrected chi connectivity index (χ0v) is 22.2. The number of benzene rings is 3. The highest BCUT2D eigenvalue weighted by atomic mass is 32.2. The van der Waals surface area contributed by atoms with Crippen molar-refractivity contribution in [3.8, 4) is 0 Å². The van der Waals surface area contributed by atoms with E-state index < -0.39 is 10.0 Å². The Hall–Kier alpha value is -3.00. The van der Waals surface area contributed by atoms with Crippen molar-refractivity contribution in [1.82, 2.24) is 9.21 Å². The van der Waals surface area contributed by atoms with Gasteiger partial charge in [0.25, 0.3) is 0 Å². The van der Waals surface area contributed by atoms with Gasteiger partial charge in [-0.15, -0.1) is 11.3 Å². The van der Waals surface area contributed by atoms with Crippen molar-refractivity contribution >= 4 is 38.0 Å². The average Bonchev–Trinajstić information content (AvgIpc) is 3.37. The second kappa shape index (κ2) is 10.2. The second-order valence-electron chi connectivity index (χ2n) is 9.24. The van der Waals surface area contributed by atoms with Crippen LogP contribution < -0.4 is 0 Å². The van der Waals surface area contributed by atoms with Gasteiger partial charge in [0.05, 0.1) is 17.5 Å². The molecule has 0 aliphatic carbocycles. The van der Waals surface area contributed by atoms with Crippen LogP contribution in [0.1, 0.15) is 41.0 Å². The minimum atomic E-state index is -3.84. The fourth-order valence-electron chi connectivity index (χ4n) is 5.07. The van der Waals surface area contributed by atoms with Gasteiger partial charge in [-0.3, -0.25) is 4.79 Å². The van der Waals surface area contributed by atoms with E-state index in [0.29, 0.717) is 13.0 Å². The molecule has 5 rings (SSSR count). The third-order valence-electron chi connectivity index (χ3n) is 6.91. The van der Waals surface area contributed by atoms with Gasteiger partial charge >= 0.3 is 0 Å². The zero-order valence-electron chi connectivity index (χ0n) is 20.6. The minimum absolute atomic E-state index is 0.169. The summed E-state index contributed by atoms with van der Waals surface area (Å²) in [6.45, 7) is 4.67. The molecule has 0 fully saturated rings. The van der Waals surface area contributed by atoms with Gasteiger partial charge in [0.2, 0.25) is 15.9 Å². The van der Waals surface area contributed by atoms with Crippen molar-refractivity contribution in [2.75, 3.05) is 19.6 Å². The van der Waals surface area contributed by atoms with E-state index in [-0.39, 0.29) is 29.9 Å². The summed E-state index contributed by atoms with van der Waals surface area (Å²) in [5.74, 6) is -0.169. The monoisotopic (exact) mass is 518 g/mol. The molecule has 3 aromatic carbocycles. The van der Waals surface area contributed by atoms with E-state index in [9.17, 15) is 13.2 Å². The Kier molecular flexibility index (Phi) is 6.97. The fraction of sp³-hybridized carbons (Fsp3) is 0.276. The lowest BCUT2D eigenvalue weighted by molar-refractivity contribution is -0.133. The quantitative estimate of drug-likeness (QED) is 0.311. The number of amides is 1. The lowest BCUT2D eigenvalue weighted by atomic mass is 9.90. The maximum absolute atomic E-state index is 13.8. The Bertz CT molecular complexity index is 1510. The number of sulfonamides is 1. The van der Waals surface area contributed by atoms with E-state index in [1.54, 1.807) is 23.5 Å². The maximum Gasteiger partial charge on any atom is 0.243 e. The predicted molar refractivity (Wildman–Crippen MR) is 146 cm³/mol. The van der Waals surface area contributed by atoms with Crippen LogP contribution in [0.3, 0.4) is 0 Å². The highest BCUT2D eigenvalue weighted by Gasteiger charge is 2.36. The van der Waals surface area contributed by atoms with Crippen LogP contribution in [0, 0.1) is 6.92 Å². The van der Waals surface area contributed by atoms with E-state index in [2.05, 4.69) is 30.5 Å². The number of fused-ring (bicyclic) bond motifs is 2. The fourth-order valence-corrected chi connectivity index (χ4v) is 7.49. The summed E-state index contributed by atoms with van der Waals surface area (Å²) in [6, 6.07) is 22.9. The number of carbonyl (C=O) groups is 1. The van der Waals surface area contributed by atoms with Gasteiger partial charge in [-0.05, 0) is 70.8 Å². The number of aryl methyl sites for hydroxylation is 1. The Morgan fingerprint density at radius 3 is 2.53 bits per heavy atom. The molecule has 5 nitrogen and oxygen atoms in total. The van der Waals surface area contributed by atoms with Crippen LogP contribution >= 0.6 is 11.3 Å². The molecule has 1 aromatic heterocycles. The van der Waals surface area contributed by atoms with Crippen molar-refractivity contribution < 1.29 is 13.2 Å². The first-order valence-corrected chi connectivity index (χ1v) is 14.6. The predicted octanol–water partition coefficient (Wildman–Crippen LogP) is 5.78. The molecule has 1 amide bonds. The number of rotatable bonds is 7. The summed E-state index contributed by atoms with van der Waals surface area (Å²) in [4.78, 5) is 17.2. The Morgan fingerprint density at radius 2 is 1.75 bits per heavy atom. The molecular formula is C29H30N2O3S2. The van der Waals surface area contributed by atoms with E-state index in [1.165, 1.54) is 9.18 Å². The first kappa shape index (κ1) is 24.7. The van der Waals surface area contributed by atoms with Gasteiger partial charge in [0.1, 0.15) is 0 Å². The lowest BCUT2D eigenvalue weighted by Gasteiger charge is -2.38. The molecule has 1 aliphatic heterocycles.